The maximum absolute atomic E-state index is 13.8. The van der Waals surface area contributed by atoms with E-state index in [0.717, 1.165) is 4.31 Å². The average molecular weight is 609 g/mol. The molecule has 3 aromatic rings. The second-order valence-electron chi connectivity index (χ2n) is 9.17. The minimum atomic E-state index is -4.82. The molecular formula is C22H24ClF3N6O7S. The summed E-state index contributed by atoms with van der Waals surface area (Å²) in [5.41, 5.74) is -2.85. The Morgan fingerprint density at radius 1 is 1.32 bits per heavy atom. The summed E-state index contributed by atoms with van der Waals surface area (Å²) in [6, 6.07) is 3.87. The zero-order valence-electron chi connectivity index (χ0n) is 21.3. The van der Waals surface area contributed by atoms with E-state index >= 15 is 0 Å². The zero-order chi connectivity index (χ0) is 29.5. The van der Waals surface area contributed by atoms with Crippen LogP contribution in [0.2, 0.25) is 5.15 Å². The van der Waals surface area contributed by atoms with Gasteiger partial charge in [0.25, 0.3) is 10.0 Å². The number of carbonyl (C=O) groups excluding carboxylic acids is 1. The van der Waals surface area contributed by atoms with Gasteiger partial charge >= 0.3 is 18.0 Å². The average Bonchev–Trinajstić information content (AvgIpc) is 3.46. The number of alkyl halides is 3. The number of anilines is 2. The minimum absolute atomic E-state index is 0.0178. The van der Waals surface area contributed by atoms with Crippen LogP contribution >= 0.6 is 11.6 Å². The van der Waals surface area contributed by atoms with Gasteiger partial charge < -0.3 is 13.9 Å². The minimum Gasteiger partial charge on any atom is -0.486 e. The lowest BCUT2D eigenvalue weighted by Crippen LogP contribution is -2.44. The third kappa shape index (κ3) is 6.04. The van der Waals surface area contributed by atoms with Crippen molar-refractivity contribution in [2.24, 2.45) is 0 Å². The van der Waals surface area contributed by atoms with Crippen LogP contribution in [-0.4, -0.2) is 58.9 Å². The molecule has 0 radical (unpaired) electrons. The summed E-state index contributed by atoms with van der Waals surface area (Å²) in [6.45, 7) is 3.24. The first-order valence-electron chi connectivity index (χ1n) is 11.8. The number of aryl methyl sites for hydroxylation is 2. The number of halogens is 4. The highest BCUT2D eigenvalue weighted by atomic mass is 35.5. The Bertz CT molecular complexity index is 1570. The van der Waals surface area contributed by atoms with Crippen LogP contribution in [0.5, 0.6) is 5.75 Å². The molecule has 1 aliphatic rings. The monoisotopic (exact) mass is 608 g/mol. The van der Waals surface area contributed by atoms with Crippen LogP contribution in [0.15, 0.2) is 38.5 Å². The molecule has 0 saturated carbocycles. The van der Waals surface area contributed by atoms with E-state index in [1.165, 1.54) is 29.1 Å². The fraction of sp³-hybridized carbons (Fsp3) is 0.455. The molecule has 2 aromatic heterocycles. The fourth-order valence-corrected chi connectivity index (χ4v) is 5.63. The maximum atomic E-state index is 13.8. The standard InChI is InChI=1S/C22H24ClF3N6O7S/c1-4-31-11-16(18(23)30-31)40(35,36)32-10-13(6-8-17-28-29-20(34)38-17)37-15-7-5-12(9-14(15)32)27-19(33)39-21(2,3)22(24,25)26/h5,7,9,11,13H,4,6,8,10H2,1-3H3,(H,27,33)(H,29,34)/t13-/m0/s1. The van der Waals surface area contributed by atoms with Gasteiger partial charge in [0.1, 0.15) is 16.7 Å². The predicted octanol–water partition coefficient (Wildman–Crippen LogP) is 3.71. The summed E-state index contributed by atoms with van der Waals surface area (Å²) in [5, 5.41) is 11.8. The number of hydrogen-bond donors (Lipinski definition) is 2. The van der Waals surface area contributed by atoms with E-state index in [0.29, 0.717) is 20.4 Å². The van der Waals surface area contributed by atoms with Gasteiger partial charge in [-0.3, -0.25) is 14.3 Å². The van der Waals surface area contributed by atoms with Gasteiger partial charge in [-0.2, -0.15) is 18.3 Å². The van der Waals surface area contributed by atoms with Crippen LogP contribution < -0.4 is 20.1 Å². The van der Waals surface area contributed by atoms with E-state index in [1.54, 1.807) is 6.92 Å². The molecule has 3 heterocycles. The number of carbonyl (C=O) groups is 1. The Morgan fingerprint density at radius 3 is 2.65 bits per heavy atom. The fourth-order valence-electron chi connectivity index (χ4n) is 3.69. The lowest BCUT2D eigenvalue weighted by molar-refractivity contribution is -0.242. The molecule has 218 valence electrons. The zero-order valence-corrected chi connectivity index (χ0v) is 22.9. The van der Waals surface area contributed by atoms with Crippen LogP contribution in [-0.2, 0) is 27.7 Å². The van der Waals surface area contributed by atoms with Gasteiger partial charge in [-0.25, -0.2) is 23.1 Å². The lowest BCUT2D eigenvalue weighted by atomic mass is 10.1. The number of H-pyrrole nitrogens is 1. The van der Waals surface area contributed by atoms with Crippen molar-refractivity contribution in [2.75, 3.05) is 16.2 Å². The summed E-state index contributed by atoms with van der Waals surface area (Å²) >= 11 is 6.14. The van der Waals surface area contributed by atoms with Gasteiger partial charge in [0, 0.05) is 24.8 Å². The molecule has 4 rings (SSSR count). The van der Waals surface area contributed by atoms with Gasteiger partial charge in [0.05, 0.1) is 12.2 Å². The van der Waals surface area contributed by atoms with Crippen LogP contribution in [0.25, 0.3) is 0 Å². The van der Waals surface area contributed by atoms with Crippen molar-refractivity contribution >= 4 is 39.1 Å². The van der Waals surface area contributed by atoms with E-state index in [-0.39, 0.29) is 52.5 Å². The molecule has 13 nitrogen and oxygen atoms in total. The highest BCUT2D eigenvalue weighted by molar-refractivity contribution is 7.93. The molecule has 0 bridgehead atoms. The van der Waals surface area contributed by atoms with Crippen molar-refractivity contribution in [3.05, 3.63) is 46.0 Å². The van der Waals surface area contributed by atoms with Crippen molar-refractivity contribution in [2.45, 2.75) is 62.9 Å². The molecule has 1 aliphatic heterocycles. The van der Waals surface area contributed by atoms with Crippen LogP contribution in [0.3, 0.4) is 0 Å². The molecule has 1 aromatic carbocycles. The number of rotatable bonds is 8. The third-order valence-corrected chi connectivity index (χ3v) is 8.08. The quantitative estimate of drug-likeness (QED) is 0.388. The Morgan fingerprint density at radius 2 is 2.05 bits per heavy atom. The van der Waals surface area contributed by atoms with E-state index < -0.39 is 39.8 Å². The third-order valence-electron chi connectivity index (χ3n) is 5.91. The number of sulfonamides is 1. The van der Waals surface area contributed by atoms with Gasteiger partial charge in [0.2, 0.25) is 11.5 Å². The number of amides is 1. The largest absolute Gasteiger partial charge is 0.486 e. The van der Waals surface area contributed by atoms with E-state index in [2.05, 4.69) is 25.3 Å². The molecular weight excluding hydrogens is 585 g/mol. The van der Waals surface area contributed by atoms with E-state index in [4.69, 9.17) is 20.8 Å². The van der Waals surface area contributed by atoms with Crippen LogP contribution in [0, 0.1) is 0 Å². The van der Waals surface area contributed by atoms with Crippen LogP contribution in [0.4, 0.5) is 29.3 Å². The summed E-state index contributed by atoms with van der Waals surface area (Å²) in [7, 11) is -4.35. The van der Waals surface area contributed by atoms with Crippen molar-refractivity contribution in [3.63, 3.8) is 0 Å². The van der Waals surface area contributed by atoms with Crippen molar-refractivity contribution in [1.29, 1.82) is 0 Å². The smallest absolute Gasteiger partial charge is 0.434 e. The second-order valence-corrected chi connectivity index (χ2v) is 11.4. The van der Waals surface area contributed by atoms with Crippen LogP contribution in [0.1, 0.15) is 33.1 Å². The SMILES string of the molecule is CCn1cc(S(=O)(=O)N2C[C@H](CCc3n[nH]c(=O)o3)Oc3ccc(NC(=O)OC(C)(C)C(F)(F)F)cc32)c(Cl)n1. The normalized spacial score (nSPS) is 15.9. The number of aromatic nitrogens is 4. The topological polar surface area (TPSA) is 162 Å². The maximum Gasteiger partial charge on any atom is 0.434 e. The molecule has 1 amide bonds. The number of ether oxygens (including phenoxy) is 2. The summed E-state index contributed by atoms with van der Waals surface area (Å²) in [5.74, 6) is -0.549. The molecule has 0 spiro atoms. The predicted molar refractivity (Wildman–Crippen MR) is 134 cm³/mol. The van der Waals surface area contributed by atoms with Crippen molar-refractivity contribution in [1.82, 2.24) is 20.0 Å². The first-order chi connectivity index (χ1) is 18.6. The van der Waals surface area contributed by atoms with Crippen molar-refractivity contribution < 1.29 is 40.3 Å². The lowest BCUT2D eigenvalue weighted by Gasteiger charge is -2.35. The molecule has 0 aliphatic carbocycles. The van der Waals surface area contributed by atoms with E-state index in [9.17, 15) is 31.2 Å². The van der Waals surface area contributed by atoms with Gasteiger partial charge in [-0.15, -0.1) is 5.10 Å². The van der Waals surface area contributed by atoms with Gasteiger partial charge in [0.15, 0.2) is 5.15 Å². The Hall–Kier alpha value is -3.73. The second kappa shape index (κ2) is 10.7. The first-order valence-corrected chi connectivity index (χ1v) is 13.6. The number of aromatic amines is 1. The number of hydrogen-bond acceptors (Lipinski definition) is 9. The number of nitrogens with one attached hydrogen (secondary N) is 2. The highest BCUT2D eigenvalue weighted by Gasteiger charge is 2.51. The van der Waals surface area contributed by atoms with Gasteiger partial charge in [-0.1, -0.05) is 11.6 Å². The van der Waals surface area contributed by atoms with Crippen molar-refractivity contribution in [3.8, 4) is 5.75 Å². The number of benzene rings is 1. The summed E-state index contributed by atoms with van der Waals surface area (Å²) < 4.78 is 84.6. The first kappa shape index (κ1) is 29.3. The Balaban J connectivity index is 1.66. The molecule has 0 unspecified atom stereocenters. The molecule has 0 saturated heterocycles. The summed E-state index contributed by atoms with van der Waals surface area (Å²) in [4.78, 5) is 23.2. The number of fused-ring (bicyclic) bond motifs is 1. The molecule has 1 atom stereocenters. The highest BCUT2D eigenvalue weighted by Crippen LogP contribution is 2.41. The number of nitrogens with zero attached hydrogens (tertiary/aromatic N) is 4. The van der Waals surface area contributed by atoms with E-state index in [1.807, 2.05) is 0 Å². The molecule has 0 fully saturated rings. The Labute approximate surface area is 230 Å². The summed E-state index contributed by atoms with van der Waals surface area (Å²) in [6.07, 6.45) is -5.37. The van der Waals surface area contributed by atoms with Gasteiger partial charge in [-0.05, 0) is 45.4 Å². The Kier molecular flexibility index (Phi) is 7.81. The molecule has 18 heteroatoms. The molecule has 40 heavy (non-hydrogen) atoms. The molecule has 2 N–H and O–H groups in total.